The Labute approximate surface area is 165 Å². The number of nitrogens with zero attached hydrogens (tertiary/aromatic N) is 1. The lowest BCUT2D eigenvalue weighted by molar-refractivity contribution is -0.145. The third kappa shape index (κ3) is 2.30. The molecule has 0 saturated carbocycles. The summed E-state index contributed by atoms with van der Waals surface area (Å²) in [6.07, 6.45) is -0.264. The zero-order chi connectivity index (χ0) is 19.7. The summed E-state index contributed by atoms with van der Waals surface area (Å²) in [4.78, 5) is 40.9. The first-order valence-electron chi connectivity index (χ1n) is 9.18. The van der Waals surface area contributed by atoms with Crippen LogP contribution in [0.4, 0.5) is 5.69 Å². The van der Waals surface area contributed by atoms with E-state index in [1.165, 1.54) is 4.90 Å². The summed E-state index contributed by atoms with van der Waals surface area (Å²) in [5, 5.41) is 16.4. The molecule has 0 aromatic heterocycles. The highest BCUT2D eigenvalue weighted by Gasteiger charge is 2.71. The normalized spacial score (nSPS) is 34.0. The van der Waals surface area contributed by atoms with E-state index in [2.05, 4.69) is 26.6 Å². The summed E-state index contributed by atoms with van der Waals surface area (Å²) in [5.41, 5.74) is -0.115. The average Bonchev–Trinajstić information content (AvgIpc) is 3.20. The number of rotatable bonds is 3. The Morgan fingerprint density at radius 2 is 1.96 bits per heavy atom. The zero-order valence-electron chi connectivity index (χ0n) is 15.3. The van der Waals surface area contributed by atoms with Crippen LogP contribution in [0, 0.1) is 11.8 Å². The molecule has 3 amide bonds. The molecule has 0 aliphatic carbocycles. The van der Waals surface area contributed by atoms with Crippen LogP contribution in [0.2, 0.25) is 0 Å². The van der Waals surface area contributed by atoms with Gasteiger partial charge in [-0.05, 0) is 38.5 Å². The summed E-state index contributed by atoms with van der Waals surface area (Å²) in [5.74, 6) is -2.68. The predicted molar refractivity (Wildman–Crippen MR) is 102 cm³/mol. The molecule has 0 unspecified atom stereocenters. The van der Waals surface area contributed by atoms with E-state index in [9.17, 15) is 19.5 Å². The maximum absolute atomic E-state index is 13.4. The minimum Gasteiger partial charge on any atom is -0.392 e. The molecule has 0 bridgehead atoms. The Morgan fingerprint density at radius 1 is 1.26 bits per heavy atom. The molecule has 6 atom stereocenters. The summed E-state index contributed by atoms with van der Waals surface area (Å²) >= 11 is 3.43. The number of benzene rings is 1. The van der Waals surface area contributed by atoms with Crippen molar-refractivity contribution in [3.8, 4) is 0 Å². The molecule has 2 saturated heterocycles. The first-order chi connectivity index (χ1) is 12.7. The van der Waals surface area contributed by atoms with Gasteiger partial charge in [-0.25, -0.2) is 0 Å². The smallest absolute Gasteiger partial charge is 0.250 e. The van der Waals surface area contributed by atoms with Gasteiger partial charge in [0.15, 0.2) is 0 Å². The molecule has 8 heteroatoms. The Bertz CT molecular complexity index is 857. The Hall–Kier alpha value is -1.77. The van der Waals surface area contributed by atoms with Gasteiger partial charge in [-0.2, -0.15) is 0 Å². The van der Waals surface area contributed by atoms with Crippen molar-refractivity contribution >= 4 is 39.3 Å². The van der Waals surface area contributed by atoms with E-state index >= 15 is 0 Å². The molecular formula is C19H22BrN3O4. The maximum atomic E-state index is 13.4. The molecular weight excluding hydrogens is 414 g/mol. The van der Waals surface area contributed by atoms with Gasteiger partial charge in [-0.15, -0.1) is 0 Å². The first-order valence-corrected chi connectivity index (χ1v) is 9.97. The minimum absolute atomic E-state index is 0.256. The van der Waals surface area contributed by atoms with Crippen LogP contribution in [-0.2, 0) is 19.9 Å². The van der Waals surface area contributed by atoms with Gasteiger partial charge in [0, 0.05) is 27.8 Å². The van der Waals surface area contributed by atoms with E-state index in [-0.39, 0.29) is 23.8 Å². The van der Waals surface area contributed by atoms with Gasteiger partial charge in [0.05, 0.1) is 17.9 Å². The number of carbonyl (C=O) groups excluding carboxylic acids is 3. The van der Waals surface area contributed by atoms with Crippen molar-refractivity contribution in [1.29, 1.82) is 0 Å². The highest BCUT2D eigenvalue weighted by molar-refractivity contribution is 9.10. The SMILES string of the molecule is CC[C@H](C)N1C(=O)[C@@H]2[C@@H]([C@@H](C)O)N[C@]3(C(=O)Nc4ccc(Br)cc43)[C@@H]2C1=O. The number of aliphatic hydroxyl groups excluding tert-OH is 1. The van der Waals surface area contributed by atoms with Crippen LogP contribution in [0.3, 0.4) is 0 Å². The van der Waals surface area contributed by atoms with Crippen LogP contribution < -0.4 is 10.6 Å². The molecule has 27 heavy (non-hydrogen) atoms. The molecule has 0 radical (unpaired) electrons. The van der Waals surface area contributed by atoms with E-state index in [1.807, 2.05) is 19.9 Å². The Morgan fingerprint density at radius 3 is 2.59 bits per heavy atom. The van der Waals surface area contributed by atoms with Gasteiger partial charge < -0.3 is 10.4 Å². The quantitative estimate of drug-likeness (QED) is 0.622. The summed E-state index contributed by atoms with van der Waals surface area (Å²) in [7, 11) is 0. The fraction of sp³-hybridized carbons (Fsp3) is 0.526. The van der Waals surface area contributed by atoms with Crippen LogP contribution in [0.1, 0.15) is 32.8 Å². The fourth-order valence-electron chi connectivity index (χ4n) is 4.76. The Kier molecular flexibility index (Phi) is 4.21. The number of likely N-dealkylation sites (tertiary alicyclic amines) is 1. The van der Waals surface area contributed by atoms with Crippen molar-refractivity contribution in [2.45, 2.75) is 50.9 Å². The van der Waals surface area contributed by atoms with Gasteiger partial charge in [0.25, 0.3) is 0 Å². The third-order valence-corrected chi connectivity index (χ3v) is 6.69. The van der Waals surface area contributed by atoms with Crippen molar-refractivity contribution < 1.29 is 19.5 Å². The zero-order valence-corrected chi connectivity index (χ0v) is 16.9. The van der Waals surface area contributed by atoms with Crippen LogP contribution in [0.5, 0.6) is 0 Å². The second-order valence-electron chi connectivity index (χ2n) is 7.67. The Balaban J connectivity index is 1.92. The number of anilines is 1. The van der Waals surface area contributed by atoms with Crippen LogP contribution in [0.15, 0.2) is 22.7 Å². The van der Waals surface area contributed by atoms with Crippen molar-refractivity contribution in [2.24, 2.45) is 11.8 Å². The predicted octanol–water partition coefficient (Wildman–Crippen LogP) is 1.35. The van der Waals surface area contributed by atoms with Crippen molar-refractivity contribution in [1.82, 2.24) is 10.2 Å². The molecule has 2 fully saturated rings. The number of aliphatic hydroxyl groups is 1. The van der Waals surface area contributed by atoms with Crippen LogP contribution in [-0.4, -0.2) is 45.9 Å². The number of amides is 3. The molecule has 3 aliphatic heterocycles. The third-order valence-electron chi connectivity index (χ3n) is 6.20. The molecule has 3 heterocycles. The summed E-state index contributed by atoms with van der Waals surface area (Å²) in [6, 6.07) is 4.44. The van der Waals surface area contributed by atoms with Crippen LogP contribution >= 0.6 is 15.9 Å². The lowest BCUT2D eigenvalue weighted by Gasteiger charge is -2.31. The molecule has 1 spiro atoms. The molecule has 3 aliphatic rings. The number of imide groups is 1. The van der Waals surface area contributed by atoms with Gasteiger partial charge in [0.1, 0.15) is 5.54 Å². The molecule has 3 N–H and O–H groups in total. The van der Waals surface area contributed by atoms with E-state index in [4.69, 9.17) is 0 Å². The average molecular weight is 436 g/mol. The maximum Gasteiger partial charge on any atom is 0.250 e. The molecule has 7 nitrogen and oxygen atoms in total. The number of hydrogen-bond acceptors (Lipinski definition) is 5. The number of halogens is 1. The standard InChI is InChI=1S/C19H22BrN3O4/c1-4-8(2)23-16(25)13-14(17(23)26)19(22-15(13)9(3)24)11-7-10(20)5-6-12(11)21-18(19)27/h5-9,13-15,22,24H,4H2,1-3H3,(H,21,27)/t8-,9+,13-,14-,15+,19-/m0/s1. The molecule has 4 rings (SSSR count). The van der Waals surface area contributed by atoms with Crippen molar-refractivity contribution in [2.75, 3.05) is 5.32 Å². The number of carbonyl (C=O) groups is 3. The highest BCUT2D eigenvalue weighted by atomic mass is 79.9. The van der Waals surface area contributed by atoms with Gasteiger partial charge in [-0.3, -0.25) is 24.6 Å². The topological polar surface area (TPSA) is 98.7 Å². The van der Waals surface area contributed by atoms with Gasteiger partial charge in [0.2, 0.25) is 17.7 Å². The summed E-state index contributed by atoms with van der Waals surface area (Å²) in [6.45, 7) is 5.31. The lowest BCUT2D eigenvalue weighted by Crippen LogP contribution is -2.55. The molecule has 1 aromatic carbocycles. The number of hydrogen-bond donors (Lipinski definition) is 3. The minimum atomic E-state index is -1.36. The highest BCUT2D eigenvalue weighted by Crippen LogP contribution is 2.54. The van der Waals surface area contributed by atoms with E-state index in [0.29, 0.717) is 17.7 Å². The lowest BCUT2D eigenvalue weighted by atomic mass is 9.76. The van der Waals surface area contributed by atoms with Gasteiger partial charge in [-0.1, -0.05) is 22.9 Å². The van der Waals surface area contributed by atoms with Crippen LogP contribution in [0.25, 0.3) is 0 Å². The summed E-state index contributed by atoms with van der Waals surface area (Å²) < 4.78 is 0.770. The van der Waals surface area contributed by atoms with Crippen molar-refractivity contribution in [3.63, 3.8) is 0 Å². The molecule has 144 valence electrons. The number of fused-ring (bicyclic) bond motifs is 4. The van der Waals surface area contributed by atoms with E-state index in [1.54, 1.807) is 19.1 Å². The second kappa shape index (κ2) is 6.12. The van der Waals surface area contributed by atoms with Gasteiger partial charge >= 0.3 is 0 Å². The number of nitrogens with one attached hydrogen (secondary N) is 2. The molecule has 1 aromatic rings. The van der Waals surface area contributed by atoms with Crippen molar-refractivity contribution in [3.05, 3.63) is 28.2 Å². The fourth-order valence-corrected chi connectivity index (χ4v) is 5.12. The van der Waals surface area contributed by atoms with E-state index in [0.717, 1.165) is 4.47 Å². The second-order valence-corrected chi connectivity index (χ2v) is 8.59. The monoisotopic (exact) mass is 435 g/mol. The largest absolute Gasteiger partial charge is 0.392 e. The van der Waals surface area contributed by atoms with E-state index < -0.39 is 29.5 Å². The first kappa shape index (κ1) is 18.6.